The fraction of sp³-hybridized carbons (Fsp3) is 0.286. The molecule has 0 saturated carbocycles. The Morgan fingerprint density at radius 3 is 2.84 bits per heavy atom. The first kappa shape index (κ1) is 13.5. The Bertz CT molecular complexity index is 593. The molecule has 19 heavy (non-hydrogen) atoms. The van der Waals surface area contributed by atoms with Crippen molar-refractivity contribution in [2.45, 2.75) is 20.3 Å². The van der Waals surface area contributed by atoms with Gasteiger partial charge in [0.15, 0.2) is 0 Å². The van der Waals surface area contributed by atoms with Crippen LogP contribution in [0.4, 0.5) is 0 Å². The van der Waals surface area contributed by atoms with Crippen molar-refractivity contribution < 1.29 is 9.90 Å². The van der Waals surface area contributed by atoms with Gasteiger partial charge in [-0.05, 0) is 37.6 Å². The van der Waals surface area contributed by atoms with Gasteiger partial charge in [0.05, 0.1) is 10.7 Å². The number of thiazole rings is 1. The monoisotopic (exact) mass is 276 g/mol. The highest BCUT2D eigenvalue weighted by Crippen LogP contribution is 2.16. The Labute approximate surface area is 116 Å². The van der Waals surface area contributed by atoms with Crippen molar-refractivity contribution in [2.24, 2.45) is 0 Å². The number of hydrogen-bond donors (Lipinski definition) is 2. The Morgan fingerprint density at radius 1 is 1.42 bits per heavy atom. The highest BCUT2D eigenvalue weighted by Gasteiger charge is 2.07. The largest absolute Gasteiger partial charge is 0.508 e. The molecule has 0 bridgehead atoms. The summed E-state index contributed by atoms with van der Waals surface area (Å²) in [6.45, 7) is 4.29. The predicted octanol–water partition coefficient (Wildman–Crippen LogP) is 2.44. The molecule has 100 valence electrons. The number of hydrogen-bond acceptors (Lipinski definition) is 4. The second-order valence-corrected chi connectivity index (χ2v) is 5.43. The topological polar surface area (TPSA) is 62.2 Å². The van der Waals surface area contributed by atoms with Gasteiger partial charge >= 0.3 is 0 Å². The molecule has 0 saturated heterocycles. The number of amides is 1. The number of phenols is 1. The summed E-state index contributed by atoms with van der Waals surface area (Å²) >= 11 is 1.61. The van der Waals surface area contributed by atoms with E-state index in [9.17, 15) is 9.90 Å². The van der Waals surface area contributed by atoms with Crippen LogP contribution in [0.25, 0.3) is 0 Å². The average molecular weight is 276 g/mol. The molecule has 2 N–H and O–H groups in total. The van der Waals surface area contributed by atoms with Crippen LogP contribution in [0.2, 0.25) is 0 Å². The first-order chi connectivity index (χ1) is 9.06. The van der Waals surface area contributed by atoms with E-state index in [0.29, 0.717) is 17.7 Å². The summed E-state index contributed by atoms with van der Waals surface area (Å²) < 4.78 is 0. The molecule has 0 aliphatic rings. The van der Waals surface area contributed by atoms with Crippen molar-refractivity contribution in [1.29, 1.82) is 0 Å². The van der Waals surface area contributed by atoms with Gasteiger partial charge in [0.2, 0.25) is 0 Å². The Morgan fingerprint density at radius 2 is 2.21 bits per heavy atom. The van der Waals surface area contributed by atoms with Gasteiger partial charge in [0.25, 0.3) is 5.91 Å². The molecule has 0 spiro atoms. The number of aryl methyl sites for hydroxylation is 2. The molecule has 4 nitrogen and oxygen atoms in total. The molecule has 1 amide bonds. The SMILES string of the molecule is Cc1nc(CCNC(=O)c2ccc(O)c(C)c2)cs1. The summed E-state index contributed by atoms with van der Waals surface area (Å²) in [6, 6.07) is 4.83. The van der Waals surface area contributed by atoms with Crippen LogP contribution in [0.5, 0.6) is 5.75 Å². The van der Waals surface area contributed by atoms with E-state index in [-0.39, 0.29) is 11.7 Å². The fourth-order valence-corrected chi connectivity index (χ4v) is 2.37. The zero-order chi connectivity index (χ0) is 13.8. The Balaban J connectivity index is 1.89. The summed E-state index contributed by atoms with van der Waals surface area (Å²) in [5.41, 5.74) is 2.26. The fourth-order valence-electron chi connectivity index (χ4n) is 1.73. The minimum atomic E-state index is -0.130. The van der Waals surface area contributed by atoms with Gasteiger partial charge < -0.3 is 10.4 Å². The number of nitrogens with zero attached hydrogens (tertiary/aromatic N) is 1. The number of aromatic nitrogens is 1. The molecule has 0 fully saturated rings. The van der Waals surface area contributed by atoms with Crippen molar-refractivity contribution >= 4 is 17.2 Å². The lowest BCUT2D eigenvalue weighted by Crippen LogP contribution is -2.25. The number of carbonyl (C=O) groups excluding carboxylic acids is 1. The summed E-state index contributed by atoms with van der Waals surface area (Å²) in [6.07, 6.45) is 0.729. The predicted molar refractivity (Wildman–Crippen MR) is 75.7 cm³/mol. The molecule has 5 heteroatoms. The normalized spacial score (nSPS) is 10.4. The van der Waals surface area contributed by atoms with Gasteiger partial charge in [-0.1, -0.05) is 0 Å². The first-order valence-electron chi connectivity index (χ1n) is 6.05. The van der Waals surface area contributed by atoms with E-state index >= 15 is 0 Å². The maximum absolute atomic E-state index is 11.9. The summed E-state index contributed by atoms with van der Waals surface area (Å²) in [5, 5.41) is 15.3. The van der Waals surface area contributed by atoms with Crippen LogP contribution < -0.4 is 5.32 Å². The van der Waals surface area contributed by atoms with E-state index in [2.05, 4.69) is 10.3 Å². The second-order valence-electron chi connectivity index (χ2n) is 4.37. The van der Waals surface area contributed by atoms with Crippen LogP contribution >= 0.6 is 11.3 Å². The quantitative estimate of drug-likeness (QED) is 0.901. The molecule has 1 aromatic carbocycles. The van der Waals surface area contributed by atoms with Gasteiger partial charge in [-0.3, -0.25) is 4.79 Å². The molecular weight excluding hydrogens is 260 g/mol. The molecule has 2 rings (SSSR count). The van der Waals surface area contributed by atoms with Crippen molar-refractivity contribution in [2.75, 3.05) is 6.54 Å². The molecule has 0 unspecified atom stereocenters. The van der Waals surface area contributed by atoms with Gasteiger partial charge in [-0.15, -0.1) is 11.3 Å². The lowest BCUT2D eigenvalue weighted by Gasteiger charge is -2.06. The maximum Gasteiger partial charge on any atom is 0.251 e. The molecule has 0 aliphatic heterocycles. The highest BCUT2D eigenvalue weighted by atomic mass is 32.1. The summed E-state index contributed by atoms with van der Waals surface area (Å²) in [4.78, 5) is 16.2. The van der Waals surface area contributed by atoms with Gasteiger partial charge in [0, 0.05) is 23.9 Å². The van der Waals surface area contributed by atoms with Crippen LogP contribution in [0.3, 0.4) is 0 Å². The van der Waals surface area contributed by atoms with E-state index in [1.165, 1.54) is 6.07 Å². The minimum absolute atomic E-state index is 0.130. The minimum Gasteiger partial charge on any atom is -0.508 e. The Hall–Kier alpha value is -1.88. The molecule has 1 heterocycles. The number of phenolic OH excluding ortho intramolecular Hbond substituents is 1. The van der Waals surface area contributed by atoms with Crippen LogP contribution in [-0.4, -0.2) is 22.5 Å². The van der Waals surface area contributed by atoms with Gasteiger partial charge in [-0.2, -0.15) is 0 Å². The van der Waals surface area contributed by atoms with Crippen LogP contribution in [0, 0.1) is 13.8 Å². The number of carbonyl (C=O) groups is 1. The molecule has 0 radical (unpaired) electrons. The zero-order valence-electron chi connectivity index (χ0n) is 10.9. The molecule has 0 aliphatic carbocycles. The Kier molecular flexibility index (Phi) is 4.16. The smallest absolute Gasteiger partial charge is 0.251 e. The molecular formula is C14H16N2O2S. The maximum atomic E-state index is 11.9. The van der Waals surface area contributed by atoms with Crippen LogP contribution in [-0.2, 0) is 6.42 Å². The lowest BCUT2D eigenvalue weighted by molar-refractivity contribution is 0.0954. The average Bonchev–Trinajstić information content (AvgIpc) is 2.78. The molecule has 0 atom stereocenters. The van der Waals surface area contributed by atoms with Crippen molar-refractivity contribution in [3.8, 4) is 5.75 Å². The number of nitrogens with one attached hydrogen (secondary N) is 1. The first-order valence-corrected chi connectivity index (χ1v) is 6.93. The third-order valence-electron chi connectivity index (χ3n) is 2.79. The number of aromatic hydroxyl groups is 1. The third kappa shape index (κ3) is 3.54. The third-order valence-corrected chi connectivity index (χ3v) is 3.61. The van der Waals surface area contributed by atoms with E-state index in [4.69, 9.17) is 0 Å². The van der Waals surface area contributed by atoms with E-state index in [1.807, 2.05) is 12.3 Å². The van der Waals surface area contributed by atoms with Crippen LogP contribution in [0.1, 0.15) is 26.6 Å². The van der Waals surface area contributed by atoms with Crippen molar-refractivity contribution in [3.63, 3.8) is 0 Å². The van der Waals surface area contributed by atoms with Crippen molar-refractivity contribution in [1.82, 2.24) is 10.3 Å². The highest BCUT2D eigenvalue weighted by molar-refractivity contribution is 7.09. The van der Waals surface area contributed by atoms with Crippen molar-refractivity contribution in [3.05, 3.63) is 45.4 Å². The van der Waals surface area contributed by atoms with E-state index in [1.54, 1.807) is 30.4 Å². The summed E-state index contributed by atoms with van der Waals surface area (Å²) in [5.74, 6) is 0.0737. The number of rotatable bonds is 4. The van der Waals surface area contributed by atoms with Crippen LogP contribution in [0.15, 0.2) is 23.6 Å². The number of benzene rings is 1. The standard InChI is InChI=1S/C14H16N2O2S/c1-9-7-11(3-4-13(9)17)14(18)15-6-5-12-8-19-10(2)16-12/h3-4,7-8,17H,5-6H2,1-2H3,(H,15,18). The molecule has 1 aromatic heterocycles. The van der Waals surface area contributed by atoms with Gasteiger partial charge in [0.1, 0.15) is 5.75 Å². The zero-order valence-corrected chi connectivity index (χ0v) is 11.8. The van der Waals surface area contributed by atoms with E-state index in [0.717, 1.165) is 17.1 Å². The summed E-state index contributed by atoms with van der Waals surface area (Å²) in [7, 11) is 0. The second kappa shape index (κ2) is 5.84. The van der Waals surface area contributed by atoms with E-state index < -0.39 is 0 Å². The lowest BCUT2D eigenvalue weighted by atomic mass is 10.1. The van der Waals surface area contributed by atoms with Gasteiger partial charge in [-0.25, -0.2) is 4.98 Å². The molecule has 2 aromatic rings.